The molecule has 1 N–H and O–H groups in total. The number of hydrogen-bond acceptors (Lipinski definition) is 4. The van der Waals surface area contributed by atoms with Gasteiger partial charge in [-0.2, -0.15) is 0 Å². The predicted molar refractivity (Wildman–Crippen MR) is 179 cm³/mol. The molecule has 1 fully saturated rings. The summed E-state index contributed by atoms with van der Waals surface area (Å²) in [6, 6.07) is 21.3. The molecule has 3 aromatic carbocycles. The number of carbonyl (C=O) groups is 2. The lowest BCUT2D eigenvalue weighted by atomic mass is 9.94. The Morgan fingerprint density at radius 2 is 1.59 bits per heavy atom. The van der Waals surface area contributed by atoms with Crippen molar-refractivity contribution >= 4 is 50.7 Å². The average molecular weight is 659 g/mol. The Labute approximate surface area is 271 Å². The number of aryl methyl sites for hydroxylation is 1. The fourth-order valence-corrected chi connectivity index (χ4v) is 7.21. The average Bonchev–Trinajstić information content (AvgIpc) is 2.98. The molecule has 0 radical (unpaired) electrons. The van der Waals surface area contributed by atoms with Gasteiger partial charge in [0.25, 0.3) is 0 Å². The molecule has 44 heavy (non-hydrogen) atoms. The van der Waals surface area contributed by atoms with Crippen molar-refractivity contribution in [3.63, 3.8) is 0 Å². The lowest BCUT2D eigenvalue weighted by Gasteiger charge is -2.34. The van der Waals surface area contributed by atoms with Gasteiger partial charge in [0.05, 0.1) is 11.9 Å². The van der Waals surface area contributed by atoms with Gasteiger partial charge in [-0.05, 0) is 61.6 Å². The van der Waals surface area contributed by atoms with Crippen molar-refractivity contribution in [2.24, 2.45) is 0 Å². The summed E-state index contributed by atoms with van der Waals surface area (Å²) in [5.41, 5.74) is 2.96. The molecular weight excluding hydrogens is 617 g/mol. The van der Waals surface area contributed by atoms with Crippen LogP contribution in [0.5, 0.6) is 0 Å². The van der Waals surface area contributed by atoms with Crippen LogP contribution in [0.25, 0.3) is 0 Å². The summed E-state index contributed by atoms with van der Waals surface area (Å²) >= 11 is 13.1. The van der Waals surface area contributed by atoms with Crippen LogP contribution in [-0.4, -0.2) is 50.0 Å². The largest absolute Gasteiger partial charge is 0.352 e. The van der Waals surface area contributed by atoms with Crippen LogP contribution >= 0.6 is 23.2 Å². The fraction of sp³-hybridized carbons (Fsp3) is 0.412. The quantitative estimate of drug-likeness (QED) is 0.216. The Kier molecular flexibility index (Phi) is 12.1. The highest BCUT2D eigenvalue weighted by molar-refractivity contribution is 7.92. The van der Waals surface area contributed by atoms with E-state index in [1.165, 1.54) is 4.31 Å². The van der Waals surface area contributed by atoms with Crippen LogP contribution in [0.3, 0.4) is 0 Å². The Hall–Kier alpha value is -3.07. The summed E-state index contributed by atoms with van der Waals surface area (Å²) in [7, 11) is -3.59. The summed E-state index contributed by atoms with van der Waals surface area (Å²) < 4.78 is 26.7. The smallest absolute Gasteiger partial charge is 0.243 e. The first-order chi connectivity index (χ1) is 21.0. The first-order valence-electron chi connectivity index (χ1n) is 15.1. The van der Waals surface area contributed by atoms with Crippen LogP contribution in [0.1, 0.15) is 61.6 Å². The maximum absolute atomic E-state index is 14.1. The highest BCUT2D eigenvalue weighted by Crippen LogP contribution is 2.28. The third-order valence-electron chi connectivity index (χ3n) is 8.05. The van der Waals surface area contributed by atoms with Gasteiger partial charge in [0.1, 0.15) is 6.04 Å². The zero-order chi connectivity index (χ0) is 31.7. The summed E-state index contributed by atoms with van der Waals surface area (Å²) in [6.07, 6.45) is 6.86. The molecule has 7 nitrogen and oxygen atoms in total. The third kappa shape index (κ3) is 9.46. The Morgan fingerprint density at radius 3 is 2.23 bits per heavy atom. The lowest BCUT2D eigenvalue weighted by Crippen LogP contribution is -2.53. The van der Waals surface area contributed by atoms with E-state index in [0.29, 0.717) is 27.7 Å². The second kappa shape index (κ2) is 15.8. The number of amides is 2. The van der Waals surface area contributed by atoms with Gasteiger partial charge in [-0.3, -0.25) is 13.9 Å². The van der Waals surface area contributed by atoms with E-state index in [4.69, 9.17) is 23.2 Å². The molecule has 1 aliphatic rings. The van der Waals surface area contributed by atoms with E-state index < -0.39 is 16.1 Å². The number of nitrogens with one attached hydrogen (secondary N) is 1. The second-order valence-electron chi connectivity index (χ2n) is 11.5. The van der Waals surface area contributed by atoms with E-state index in [-0.39, 0.29) is 43.8 Å². The molecule has 0 saturated heterocycles. The highest BCUT2D eigenvalue weighted by atomic mass is 35.5. The minimum Gasteiger partial charge on any atom is -0.352 e. The van der Waals surface area contributed by atoms with Crippen molar-refractivity contribution in [2.75, 3.05) is 17.1 Å². The van der Waals surface area contributed by atoms with E-state index in [9.17, 15) is 18.0 Å². The lowest BCUT2D eigenvalue weighted by molar-refractivity contribution is -0.141. The maximum atomic E-state index is 14.1. The molecule has 4 rings (SSSR count). The Bertz CT molecular complexity index is 1510. The van der Waals surface area contributed by atoms with E-state index in [0.717, 1.165) is 49.5 Å². The molecule has 0 aromatic heterocycles. The minimum absolute atomic E-state index is 0.0297. The number of carbonyl (C=O) groups excluding carboxylic acids is 2. The van der Waals surface area contributed by atoms with E-state index in [1.54, 1.807) is 35.2 Å². The predicted octanol–water partition coefficient (Wildman–Crippen LogP) is 6.94. The van der Waals surface area contributed by atoms with Crippen LogP contribution in [0.2, 0.25) is 10.0 Å². The van der Waals surface area contributed by atoms with Crippen LogP contribution in [0.4, 0.5) is 5.69 Å². The molecule has 0 heterocycles. The SMILES string of the molecule is Cc1cccc(N(CCCC(=O)N(Cc2c(Cl)cccc2Cl)C(Cc2ccccc2)C(=O)NC2CCCCC2)S(C)(=O)=O)c1. The van der Waals surface area contributed by atoms with Gasteiger partial charge in [0, 0.05) is 47.6 Å². The highest BCUT2D eigenvalue weighted by Gasteiger charge is 2.33. The van der Waals surface area contributed by atoms with Crippen LogP contribution in [0.15, 0.2) is 72.8 Å². The van der Waals surface area contributed by atoms with Crippen molar-refractivity contribution in [1.82, 2.24) is 10.2 Å². The molecule has 3 aromatic rings. The Morgan fingerprint density at radius 1 is 0.932 bits per heavy atom. The first-order valence-corrected chi connectivity index (χ1v) is 17.7. The number of hydrogen-bond donors (Lipinski definition) is 1. The monoisotopic (exact) mass is 657 g/mol. The number of benzene rings is 3. The van der Waals surface area contributed by atoms with E-state index >= 15 is 0 Å². The molecule has 1 atom stereocenters. The summed E-state index contributed by atoms with van der Waals surface area (Å²) in [5.74, 6) is -0.492. The van der Waals surface area contributed by atoms with Crippen molar-refractivity contribution < 1.29 is 18.0 Å². The molecule has 10 heteroatoms. The van der Waals surface area contributed by atoms with Gasteiger partial charge < -0.3 is 10.2 Å². The van der Waals surface area contributed by atoms with Crippen LogP contribution in [-0.2, 0) is 32.6 Å². The van der Waals surface area contributed by atoms with Crippen molar-refractivity contribution in [3.8, 4) is 0 Å². The zero-order valence-corrected chi connectivity index (χ0v) is 27.7. The van der Waals surface area contributed by atoms with E-state index in [2.05, 4.69) is 5.32 Å². The summed E-state index contributed by atoms with van der Waals surface area (Å²) in [5, 5.41) is 4.04. The standard InChI is InChI=1S/C34H41Cl2N3O4S/c1-25-12-9-17-28(22-25)39(44(2,42)43)21-11-20-33(40)38(24-29-30(35)18-10-19-31(29)36)32(23-26-13-5-3-6-14-26)34(41)37-27-15-7-4-8-16-27/h3,5-6,9-10,12-14,17-19,22,27,32H,4,7-8,11,15-16,20-21,23-24H2,1-2H3,(H,37,41). The van der Waals surface area contributed by atoms with E-state index in [1.807, 2.05) is 49.4 Å². The third-order valence-corrected chi connectivity index (χ3v) is 9.96. The molecule has 1 aliphatic carbocycles. The molecule has 0 aliphatic heterocycles. The maximum Gasteiger partial charge on any atom is 0.243 e. The molecule has 2 amide bonds. The normalized spacial score (nSPS) is 14.5. The first kappa shape index (κ1) is 33.8. The topological polar surface area (TPSA) is 86.8 Å². The zero-order valence-electron chi connectivity index (χ0n) is 25.3. The van der Waals surface area contributed by atoms with Crippen molar-refractivity contribution in [2.45, 2.75) is 76.9 Å². The van der Waals surface area contributed by atoms with Crippen LogP contribution in [0, 0.1) is 6.92 Å². The number of sulfonamides is 1. The van der Waals surface area contributed by atoms with Gasteiger partial charge in [0.2, 0.25) is 21.8 Å². The summed E-state index contributed by atoms with van der Waals surface area (Å²) in [4.78, 5) is 29.7. The van der Waals surface area contributed by atoms with Gasteiger partial charge in [-0.15, -0.1) is 0 Å². The van der Waals surface area contributed by atoms with Gasteiger partial charge in [-0.1, -0.05) is 91.0 Å². The Balaban J connectivity index is 1.62. The van der Waals surface area contributed by atoms with Gasteiger partial charge in [-0.25, -0.2) is 8.42 Å². The molecule has 236 valence electrons. The molecular formula is C34H41Cl2N3O4S. The number of anilines is 1. The number of nitrogens with zero attached hydrogens (tertiary/aromatic N) is 2. The molecule has 1 unspecified atom stereocenters. The minimum atomic E-state index is -3.59. The molecule has 0 bridgehead atoms. The number of rotatable bonds is 13. The molecule has 1 saturated carbocycles. The van der Waals surface area contributed by atoms with Gasteiger partial charge in [0.15, 0.2) is 0 Å². The van der Waals surface area contributed by atoms with Crippen LogP contribution < -0.4 is 9.62 Å². The van der Waals surface area contributed by atoms with Crippen molar-refractivity contribution in [3.05, 3.63) is 99.5 Å². The molecule has 0 spiro atoms. The summed E-state index contributed by atoms with van der Waals surface area (Å²) in [6.45, 7) is 2.06. The fourth-order valence-electron chi connectivity index (χ4n) is 5.74. The van der Waals surface area contributed by atoms with Crippen molar-refractivity contribution in [1.29, 1.82) is 0 Å². The number of halogens is 2. The van der Waals surface area contributed by atoms with Gasteiger partial charge >= 0.3 is 0 Å². The second-order valence-corrected chi connectivity index (χ2v) is 14.3.